The van der Waals surface area contributed by atoms with E-state index in [1.165, 1.54) is 12.1 Å². The third-order valence-corrected chi connectivity index (χ3v) is 6.45. The Bertz CT molecular complexity index is 1510. The number of hydrogen-bond donors (Lipinski definition) is 2. The van der Waals surface area contributed by atoms with Gasteiger partial charge in [0.2, 0.25) is 0 Å². The van der Waals surface area contributed by atoms with Gasteiger partial charge in [0, 0.05) is 50.7 Å². The van der Waals surface area contributed by atoms with Crippen LogP contribution in [-0.4, -0.2) is 29.2 Å². The van der Waals surface area contributed by atoms with E-state index < -0.39 is 17.6 Å². The van der Waals surface area contributed by atoms with Crippen LogP contribution in [0, 0.1) is 0 Å². The topological polar surface area (TPSA) is 120 Å². The van der Waals surface area contributed by atoms with Gasteiger partial charge in [-0.15, -0.1) is 0 Å². The van der Waals surface area contributed by atoms with Gasteiger partial charge in [-0.3, -0.25) is 19.2 Å². The molecule has 6 nitrogen and oxygen atoms in total. The summed E-state index contributed by atoms with van der Waals surface area (Å²) in [5.41, 5.74) is 14.3. The maximum absolute atomic E-state index is 13.8. The van der Waals surface area contributed by atoms with Gasteiger partial charge in [-0.25, -0.2) is 0 Å². The Balaban J connectivity index is 2.05. The van der Waals surface area contributed by atoms with Crippen molar-refractivity contribution >= 4 is 34.4 Å². The predicted molar refractivity (Wildman–Crippen MR) is 141 cm³/mol. The summed E-state index contributed by atoms with van der Waals surface area (Å²) in [6.07, 6.45) is 6.57. The number of carbonyl (C=O) groups excluding carboxylic acids is 4. The van der Waals surface area contributed by atoms with E-state index in [0.717, 1.165) is 0 Å². The number of Topliss-reactive ketones (excluding diaryl/α,β-unsaturated/α-hetero) is 4. The highest BCUT2D eigenvalue weighted by atomic mass is 16.1. The van der Waals surface area contributed by atoms with Gasteiger partial charge < -0.3 is 11.5 Å². The molecule has 2 aromatic rings. The summed E-state index contributed by atoms with van der Waals surface area (Å²) in [5, 5.41) is 0. The zero-order chi connectivity index (χ0) is 26.3. The smallest absolute Gasteiger partial charge is 0.196 e. The highest BCUT2D eigenvalue weighted by Gasteiger charge is 2.39. The number of hydrogen-bond acceptors (Lipinski definition) is 6. The highest BCUT2D eigenvalue weighted by molar-refractivity contribution is 6.36. The molecule has 4 rings (SSSR count). The van der Waals surface area contributed by atoms with Crippen molar-refractivity contribution in [1.82, 2.24) is 0 Å². The average Bonchev–Trinajstić information content (AvgIpc) is 2.86. The maximum atomic E-state index is 13.8. The Morgan fingerprint density at radius 2 is 1.53 bits per heavy atom. The summed E-state index contributed by atoms with van der Waals surface area (Å²) < 4.78 is 0. The van der Waals surface area contributed by atoms with Crippen LogP contribution in [0.5, 0.6) is 0 Å². The molecule has 0 saturated heterocycles. The molecule has 180 valence electrons. The molecular formula is C30H26N2O4. The van der Waals surface area contributed by atoms with Crippen LogP contribution in [0.3, 0.4) is 0 Å². The molecule has 36 heavy (non-hydrogen) atoms. The molecule has 0 fully saturated rings. The molecule has 0 amide bonds. The standard InChI is InChI=1S/C30H26N2O4/c1-5-7-10-18-15(3)27(33)26-22(32)14-13-19(25(26)28(18)34)17(6-2)24-23(16(4)31)29(35)20-11-8-9-12-21(20)30(24)36/h5-14,16H,3,31-32H2,1-2,4H3/b7-5-,17-6-,18-10+. The van der Waals surface area contributed by atoms with Crippen molar-refractivity contribution in [3.63, 3.8) is 0 Å². The Hall–Kier alpha value is -4.42. The molecule has 0 aliphatic heterocycles. The summed E-state index contributed by atoms with van der Waals surface area (Å²) in [5.74, 6) is -1.62. The molecule has 2 aliphatic rings. The quantitative estimate of drug-likeness (QED) is 0.480. The molecule has 2 aliphatic carbocycles. The number of rotatable bonds is 4. The third kappa shape index (κ3) is 3.63. The Morgan fingerprint density at radius 1 is 0.889 bits per heavy atom. The van der Waals surface area contributed by atoms with Gasteiger partial charge in [0.1, 0.15) is 0 Å². The molecule has 1 unspecified atom stereocenters. The number of nitrogens with two attached hydrogens (primary N) is 2. The molecule has 4 N–H and O–H groups in total. The summed E-state index contributed by atoms with van der Waals surface area (Å²) in [6.45, 7) is 8.94. The molecule has 0 saturated carbocycles. The van der Waals surface area contributed by atoms with E-state index in [1.54, 1.807) is 69.3 Å². The lowest BCUT2D eigenvalue weighted by Gasteiger charge is -2.28. The van der Waals surface area contributed by atoms with Crippen molar-refractivity contribution in [3.05, 3.63) is 117 Å². The SMILES string of the molecule is C=C1C(=O)c2c(N)ccc(/C(=C/C)C3=C(C(C)N)C(=O)c4ccccc4C3=O)c2C(=O)/C1=C/C=C\C. The van der Waals surface area contributed by atoms with E-state index in [0.29, 0.717) is 11.1 Å². The lowest BCUT2D eigenvalue weighted by Crippen LogP contribution is -2.33. The molecular weight excluding hydrogens is 452 g/mol. The van der Waals surface area contributed by atoms with Gasteiger partial charge in [-0.05, 0) is 38.0 Å². The second-order valence-electron chi connectivity index (χ2n) is 8.68. The van der Waals surface area contributed by atoms with Crippen LogP contribution in [0.25, 0.3) is 5.57 Å². The van der Waals surface area contributed by atoms with Crippen molar-refractivity contribution in [2.75, 3.05) is 5.73 Å². The second kappa shape index (κ2) is 9.32. The van der Waals surface area contributed by atoms with Crippen LogP contribution >= 0.6 is 0 Å². The molecule has 0 heterocycles. The highest BCUT2D eigenvalue weighted by Crippen LogP contribution is 2.41. The van der Waals surface area contributed by atoms with Crippen LogP contribution in [-0.2, 0) is 0 Å². The molecule has 0 radical (unpaired) electrons. The molecule has 0 spiro atoms. The number of allylic oxidation sites excluding steroid dienone is 8. The van der Waals surface area contributed by atoms with Crippen molar-refractivity contribution in [2.24, 2.45) is 5.73 Å². The van der Waals surface area contributed by atoms with Crippen LogP contribution in [0.4, 0.5) is 5.69 Å². The number of benzene rings is 2. The van der Waals surface area contributed by atoms with Crippen LogP contribution in [0.1, 0.15) is 67.8 Å². The summed E-state index contributed by atoms with van der Waals surface area (Å²) >= 11 is 0. The summed E-state index contributed by atoms with van der Waals surface area (Å²) in [4.78, 5) is 54.2. The van der Waals surface area contributed by atoms with E-state index in [1.807, 2.05) is 0 Å². The van der Waals surface area contributed by atoms with Crippen molar-refractivity contribution < 1.29 is 19.2 Å². The zero-order valence-electron chi connectivity index (χ0n) is 20.3. The van der Waals surface area contributed by atoms with Gasteiger partial charge in [-0.1, -0.05) is 61.2 Å². The molecule has 6 heteroatoms. The first kappa shape index (κ1) is 24.7. The van der Waals surface area contributed by atoms with Gasteiger partial charge >= 0.3 is 0 Å². The van der Waals surface area contributed by atoms with Gasteiger partial charge in [0.05, 0.1) is 5.56 Å². The lowest BCUT2D eigenvalue weighted by molar-refractivity contribution is 0.0972. The fourth-order valence-corrected chi connectivity index (χ4v) is 4.77. The van der Waals surface area contributed by atoms with Crippen molar-refractivity contribution in [2.45, 2.75) is 26.8 Å². The maximum Gasteiger partial charge on any atom is 0.196 e. The Labute approximate surface area is 209 Å². The van der Waals surface area contributed by atoms with E-state index in [9.17, 15) is 19.2 Å². The minimum atomic E-state index is -0.758. The predicted octanol–water partition coefficient (Wildman–Crippen LogP) is 4.83. The molecule has 1 atom stereocenters. The largest absolute Gasteiger partial charge is 0.398 e. The first-order valence-corrected chi connectivity index (χ1v) is 11.5. The van der Waals surface area contributed by atoms with Gasteiger partial charge in [0.15, 0.2) is 23.1 Å². The average molecular weight is 479 g/mol. The van der Waals surface area contributed by atoms with Crippen molar-refractivity contribution in [3.8, 4) is 0 Å². The Kier molecular flexibility index (Phi) is 6.39. The number of fused-ring (bicyclic) bond motifs is 2. The van der Waals surface area contributed by atoms with E-state index in [-0.39, 0.29) is 61.8 Å². The number of ketones is 4. The first-order chi connectivity index (χ1) is 17.1. The monoisotopic (exact) mass is 478 g/mol. The first-order valence-electron chi connectivity index (χ1n) is 11.5. The zero-order valence-corrected chi connectivity index (χ0v) is 20.3. The molecule has 0 bridgehead atoms. The van der Waals surface area contributed by atoms with Crippen LogP contribution < -0.4 is 11.5 Å². The Morgan fingerprint density at radius 3 is 2.11 bits per heavy atom. The minimum Gasteiger partial charge on any atom is -0.398 e. The van der Waals surface area contributed by atoms with E-state index in [4.69, 9.17) is 11.5 Å². The van der Waals surface area contributed by atoms with E-state index >= 15 is 0 Å². The van der Waals surface area contributed by atoms with E-state index in [2.05, 4.69) is 6.58 Å². The third-order valence-electron chi connectivity index (χ3n) is 6.45. The summed E-state index contributed by atoms with van der Waals surface area (Å²) in [7, 11) is 0. The van der Waals surface area contributed by atoms with Crippen LogP contribution in [0.2, 0.25) is 0 Å². The number of carbonyl (C=O) groups is 4. The van der Waals surface area contributed by atoms with Crippen LogP contribution in [0.15, 0.2) is 89.6 Å². The fraction of sp³-hybridized carbons (Fsp3) is 0.133. The number of nitrogen functional groups attached to an aromatic ring is 1. The van der Waals surface area contributed by atoms with Crippen molar-refractivity contribution in [1.29, 1.82) is 0 Å². The van der Waals surface area contributed by atoms with Gasteiger partial charge in [-0.2, -0.15) is 0 Å². The lowest BCUT2D eigenvalue weighted by atomic mass is 9.73. The number of anilines is 1. The normalized spacial score (nSPS) is 18.3. The minimum absolute atomic E-state index is 0.0393. The second-order valence-corrected chi connectivity index (χ2v) is 8.68. The fourth-order valence-electron chi connectivity index (χ4n) is 4.77. The molecule has 0 aromatic heterocycles. The van der Waals surface area contributed by atoms with Gasteiger partial charge in [0.25, 0.3) is 0 Å². The molecule has 2 aromatic carbocycles. The summed E-state index contributed by atoms with van der Waals surface area (Å²) in [6, 6.07) is 8.93.